The van der Waals surface area contributed by atoms with Crippen LogP contribution in [0.25, 0.3) is 0 Å². The monoisotopic (exact) mass is 434 g/mol. The summed E-state index contributed by atoms with van der Waals surface area (Å²) >= 11 is 0. The Bertz CT molecular complexity index is 1240. The quantitative estimate of drug-likeness (QED) is 0.546. The second kappa shape index (κ2) is 8.40. The van der Waals surface area contributed by atoms with Crippen molar-refractivity contribution in [1.29, 1.82) is 0 Å². The van der Waals surface area contributed by atoms with Crippen LogP contribution in [0.15, 0.2) is 54.6 Å². The van der Waals surface area contributed by atoms with Gasteiger partial charge in [0, 0.05) is 16.8 Å². The number of carbonyl (C=O) groups excluding carboxylic acids is 1. The first-order valence-electron chi connectivity index (χ1n) is 10.0. The van der Waals surface area contributed by atoms with E-state index < -0.39 is 29.2 Å². The Morgan fingerprint density at radius 2 is 1.78 bits per heavy atom. The molecule has 3 N–H and O–H groups in total. The number of aromatic hydroxyl groups is 1. The van der Waals surface area contributed by atoms with Crippen molar-refractivity contribution in [2.45, 2.75) is 31.4 Å². The lowest BCUT2D eigenvalue weighted by molar-refractivity contribution is 0.0937. The van der Waals surface area contributed by atoms with Crippen molar-refractivity contribution in [1.82, 2.24) is 10.3 Å². The molecule has 1 aromatic heterocycles. The predicted molar refractivity (Wildman–Crippen MR) is 114 cm³/mol. The van der Waals surface area contributed by atoms with Crippen LogP contribution in [0.2, 0.25) is 0 Å². The fourth-order valence-electron chi connectivity index (χ4n) is 3.25. The van der Waals surface area contributed by atoms with E-state index in [2.05, 4.69) is 22.1 Å². The molecule has 0 spiro atoms. The van der Waals surface area contributed by atoms with E-state index in [1.54, 1.807) is 13.0 Å². The van der Waals surface area contributed by atoms with E-state index in [0.717, 1.165) is 12.1 Å². The van der Waals surface area contributed by atoms with Crippen LogP contribution in [-0.4, -0.2) is 26.7 Å². The van der Waals surface area contributed by atoms with Gasteiger partial charge in [0.05, 0.1) is 6.04 Å². The van der Waals surface area contributed by atoms with E-state index in [9.17, 15) is 23.8 Å². The smallest absolute Gasteiger partial charge is 0.270 e. The molecule has 3 aromatic rings. The number of hydrogen-bond donors (Lipinski definition) is 3. The van der Waals surface area contributed by atoms with Gasteiger partial charge in [-0.1, -0.05) is 24.0 Å². The van der Waals surface area contributed by atoms with Crippen LogP contribution >= 0.6 is 0 Å². The second-order valence-corrected chi connectivity index (χ2v) is 7.83. The summed E-state index contributed by atoms with van der Waals surface area (Å²) in [5, 5.41) is 23.0. The molecule has 0 aliphatic heterocycles. The second-order valence-electron chi connectivity index (χ2n) is 7.83. The number of rotatable bonds is 4. The number of aryl methyl sites for hydroxylation is 1. The summed E-state index contributed by atoms with van der Waals surface area (Å²) in [5.74, 6) is 3.79. The summed E-state index contributed by atoms with van der Waals surface area (Å²) in [5.41, 5.74) is 0.756. The molecule has 1 aliphatic carbocycles. The molecule has 1 amide bonds. The molecular weight excluding hydrogens is 414 g/mol. The summed E-state index contributed by atoms with van der Waals surface area (Å²) in [6.07, 6.45) is 1.24. The molecule has 1 heterocycles. The molecular formula is C25H20F2N2O3. The molecule has 1 unspecified atom stereocenters. The van der Waals surface area contributed by atoms with Crippen LogP contribution in [0.4, 0.5) is 8.78 Å². The van der Waals surface area contributed by atoms with Crippen molar-refractivity contribution in [2.24, 2.45) is 0 Å². The van der Waals surface area contributed by atoms with Gasteiger partial charge in [-0.05, 0) is 67.8 Å². The van der Waals surface area contributed by atoms with Crippen molar-refractivity contribution in [3.05, 3.63) is 94.3 Å². The molecule has 0 saturated heterocycles. The van der Waals surface area contributed by atoms with Crippen molar-refractivity contribution in [3.63, 3.8) is 0 Å². The topological polar surface area (TPSA) is 82.5 Å². The molecule has 1 saturated carbocycles. The molecule has 1 aliphatic rings. The first-order chi connectivity index (χ1) is 15.2. The average molecular weight is 434 g/mol. The third kappa shape index (κ3) is 4.93. The minimum absolute atomic E-state index is 0.0695. The maximum Gasteiger partial charge on any atom is 0.270 e. The maximum atomic E-state index is 13.9. The standard InChI is InChI=1S/C25H20F2N2O3/c1-15-12-16(8-9-25(32)10-11-25)13-21(28-15)24(31)29-23(17-2-4-18(26)5-3-17)20-14-19(27)6-7-22(20)30/h2-7,12-14,23,30,32H,10-11H2,1H3,(H,29,31). The Balaban J connectivity index is 1.68. The van der Waals surface area contributed by atoms with E-state index in [-0.39, 0.29) is 17.0 Å². The highest BCUT2D eigenvalue weighted by atomic mass is 19.1. The zero-order valence-corrected chi connectivity index (χ0v) is 17.2. The highest BCUT2D eigenvalue weighted by molar-refractivity contribution is 5.93. The summed E-state index contributed by atoms with van der Waals surface area (Å²) in [7, 11) is 0. The van der Waals surface area contributed by atoms with Crippen molar-refractivity contribution in [3.8, 4) is 17.6 Å². The van der Waals surface area contributed by atoms with Gasteiger partial charge in [0.2, 0.25) is 0 Å². The molecule has 162 valence electrons. The lowest BCUT2D eigenvalue weighted by atomic mass is 9.97. The number of benzene rings is 2. The number of phenolic OH excluding ortho intramolecular Hbond substituents is 1. The molecule has 7 heteroatoms. The van der Waals surface area contributed by atoms with Crippen LogP contribution in [0.1, 0.15) is 51.8 Å². The molecule has 4 rings (SSSR count). The molecule has 5 nitrogen and oxygen atoms in total. The number of amides is 1. The number of nitrogens with zero attached hydrogens (tertiary/aromatic N) is 1. The van der Waals surface area contributed by atoms with E-state index >= 15 is 0 Å². The molecule has 1 atom stereocenters. The number of pyridine rings is 1. The molecule has 0 bridgehead atoms. The van der Waals surface area contributed by atoms with Crippen LogP contribution in [0.3, 0.4) is 0 Å². The number of aliphatic hydroxyl groups is 1. The van der Waals surface area contributed by atoms with Crippen LogP contribution in [0, 0.1) is 30.4 Å². The minimum Gasteiger partial charge on any atom is -0.508 e. The van der Waals surface area contributed by atoms with Crippen molar-refractivity contribution >= 4 is 5.91 Å². The van der Waals surface area contributed by atoms with E-state index in [1.807, 2.05) is 0 Å². The zero-order valence-electron chi connectivity index (χ0n) is 17.2. The number of phenols is 1. The summed E-state index contributed by atoms with van der Waals surface area (Å²) < 4.78 is 27.3. The van der Waals surface area contributed by atoms with Gasteiger partial charge in [0.15, 0.2) is 0 Å². The summed E-state index contributed by atoms with van der Waals surface area (Å²) in [4.78, 5) is 17.3. The molecule has 1 fully saturated rings. The highest BCUT2D eigenvalue weighted by Crippen LogP contribution is 2.34. The molecule has 32 heavy (non-hydrogen) atoms. The van der Waals surface area contributed by atoms with Gasteiger partial charge in [-0.2, -0.15) is 0 Å². The Hall–Kier alpha value is -3.76. The predicted octanol–water partition coefficient (Wildman–Crippen LogP) is 3.77. The fourth-order valence-corrected chi connectivity index (χ4v) is 3.25. The van der Waals surface area contributed by atoms with Gasteiger partial charge in [0.1, 0.15) is 28.7 Å². The van der Waals surface area contributed by atoms with E-state index in [1.165, 1.54) is 36.4 Å². The Labute approximate surface area is 183 Å². The van der Waals surface area contributed by atoms with Gasteiger partial charge in [0.25, 0.3) is 5.91 Å². The Kier molecular flexibility index (Phi) is 5.64. The van der Waals surface area contributed by atoms with E-state index in [4.69, 9.17) is 0 Å². The van der Waals surface area contributed by atoms with Gasteiger partial charge in [-0.15, -0.1) is 0 Å². The highest BCUT2D eigenvalue weighted by Gasteiger charge is 2.38. The zero-order chi connectivity index (χ0) is 22.9. The number of halogens is 2. The average Bonchev–Trinajstić information content (AvgIpc) is 3.50. The lowest BCUT2D eigenvalue weighted by Crippen LogP contribution is -2.30. The number of nitrogens with one attached hydrogen (secondary N) is 1. The SMILES string of the molecule is Cc1cc(C#CC2(O)CC2)cc(C(=O)NC(c2ccc(F)cc2)c2cc(F)ccc2O)n1. The number of carbonyl (C=O) groups is 1. The third-order valence-corrected chi connectivity index (χ3v) is 5.13. The van der Waals surface area contributed by atoms with Crippen molar-refractivity contribution < 1.29 is 23.8 Å². The first-order valence-corrected chi connectivity index (χ1v) is 10.0. The largest absolute Gasteiger partial charge is 0.508 e. The van der Waals surface area contributed by atoms with Gasteiger partial charge in [-0.25, -0.2) is 13.8 Å². The first kappa shape index (κ1) is 21.5. The van der Waals surface area contributed by atoms with Gasteiger partial charge < -0.3 is 15.5 Å². The maximum absolute atomic E-state index is 13.9. The molecule has 2 aromatic carbocycles. The van der Waals surface area contributed by atoms with Crippen LogP contribution in [-0.2, 0) is 0 Å². The van der Waals surface area contributed by atoms with Gasteiger partial charge in [-0.3, -0.25) is 4.79 Å². The number of hydrogen-bond acceptors (Lipinski definition) is 4. The minimum atomic E-state index is -0.956. The fraction of sp³-hybridized carbons (Fsp3) is 0.200. The summed E-state index contributed by atoms with van der Waals surface area (Å²) in [6, 6.07) is 11.0. The number of aromatic nitrogens is 1. The third-order valence-electron chi connectivity index (χ3n) is 5.13. The lowest BCUT2D eigenvalue weighted by Gasteiger charge is -2.21. The van der Waals surface area contributed by atoms with Gasteiger partial charge >= 0.3 is 0 Å². The van der Waals surface area contributed by atoms with E-state index in [0.29, 0.717) is 29.7 Å². The van der Waals surface area contributed by atoms with Crippen LogP contribution < -0.4 is 5.32 Å². The normalized spacial score (nSPS) is 14.8. The Morgan fingerprint density at radius 1 is 1.09 bits per heavy atom. The van der Waals surface area contributed by atoms with Crippen LogP contribution in [0.5, 0.6) is 5.75 Å². The molecule has 0 radical (unpaired) electrons. The summed E-state index contributed by atoms with van der Waals surface area (Å²) in [6.45, 7) is 1.71. The Morgan fingerprint density at radius 3 is 2.47 bits per heavy atom. The van der Waals surface area contributed by atoms with Crippen molar-refractivity contribution in [2.75, 3.05) is 0 Å².